The highest BCUT2D eigenvalue weighted by Gasteiger charge is 2.35. The van der Waals surface area contributed by atoms with Crippen LogP contribution in [0.1, 0.15) is 35.1 Å². The van der Waals surface area contributed by atoms with Gasteiger partial charge < -0.3 is 19.6 Å². The first-order valence-corrected chi connectivity index (χ1v) is 7.28. The maximum absolute atomic E-state index is 12.7. The predicted octanol–water partition coefficient (Wildman–Crippen LogP) is 0.407. The Morgan fingerprint density at radius 1 is 1.21 bits per heavy atom. The van der Waals surface area contributed by atoms with Crippen molar-refractivity contribution in [3.63, 3.8) is 0 Å². The summed E-state index contributed by atoms with van der Waals surface area (Å²) >= 11 is 0. The summed E-state index contributed by atoms with van der Waals surface area (Å²) in [5, 5.41) is 14.7. The third-order valence-electron chi connectivity index (χ3n) is 3.54. The Labute approximate surface area is 137 Å². The highest BCUT2D eigenvalue weighted by Crippen LogP contribution is 2.31. The van der Waals surface area contributed by atoms with Crippen LogP contribution < -0.4 is 15.8 Å². The van der Waals surface area contributed by atoms with E-state index in [1.165, 1.54) is 6.26 Å². The zero-order chi connectivity index (χ0) is 17.1. The van der Waals surface area contributed by atoms with E-state index < -0.39 is 30.4 Å². The van der Waals surface area contributed by atoms with Gasteiger partial charge in [-0.05, 0) is 30.7 Å². The molecule has 0 spiro atoms. The van der Waals surface area contributed by atoms with Crippen LogP contribution in [0, 0.1) is 0 Å². The molecule has 0 bridgehead atoms. The maximum atomic E-state index is 12.7. The second-order valence-corrected chi connectivity index (χ2v) is 5.19. The molecule has 1 atom stereocenters. The first kappa shape index (κ1) is 15.6. The Balaban J connectivity index is 1.87. The highest BCUT2D eigenvalue weighted by molar-refractivity contribution is 6.02. The average Bonchev–Trinajstić information content (AvgIpc) is 3.10. The third-order valence-corrected chi connectivity index (χ3v) is 3.54. The molecule has 24 heavy (non-hydrogen) atoms. The molecule has 2 amide bonds. The van der Waals surface area contributed by atoms with Crippen LogP contribution in [-0.2, 0) is 9.59 Å². The van der Waals surface area contributed by atoms with Crippen LogP contribution in [-0.4, -0.2) is 22.8 Å². The molecular formula is C16H14N3O5-. The second-order valence-electron chi connectivity index (χ2n) is 5.19. The molecule has 1 aliphatic heterocycles. The second kappa shape index (κ2) is 6.45. The zero-order valence-corrected chi connectivity index (χ0v) is 12.5. The number of furan rings is 1. The van der Waals surface area contributed by atoms with Crippen LogP contribution in [0.3, 0.4) is 0 Å². The van der Waals surface area contributed by atoms with Gasteiger partial charge in [0, 0.05) is 18.1 Å². The molecule has 1 aromatic carbocycles. The minimum atomic E-state index is -1.33. The van der Waals surface area contributed by atoms with Crippen LogP contribution in [0.2, 0.25) is 0 Å². The summed E-state index contributed by atoms with van der Waals surface area (Å²) in [6.45, 7) is 0. The van der Waals surface area contributed by atoms with E-state index in [0.717, 1.165) is 5.01 Å². The number of anilines is 1. The molecule has 0 unspecified atom stereocenters. The van der Waals surface area contributed by atoms with Crippen molar-refractivity contribution >= 4 is 23.5 Å². The van der Waals surface area contributed by atoms with E-state index >= 15 is 0 Å². The number of nitrogens with one attached hydrogen (secondary N) is 2. The summed E-state index contributed by atoms with van der Waals surface area (Å²) in [5.74, 6) is -1.93. The van der Waals surface area contributed by atoms with E-state index in [1.807, 2.05) is 0 Å². The van der Waals surface area contributed by atoms with Crippen molar-refractivity contribution in [3.8, 4) is 0 Å². The minimum absolute atomic E-state index is 0.293. The Hall–Kier alpha value is -3.29. The summed E-state index contributed by atoms with van der Waals surface area (Å²) in [4.78, 5) is 35.1. The monoisotopic (exact) mass is 328 g/mol. The zero-order valence-electron chi connectivity index (χ0n) is 12.5. The fraction of sp³-hybridized carbons (Fsp3) is 0.188. The van der Waals surface area contributed by atoms with Crippen LogP contribution in [0.25, 0.3) is 0 Å². The lowest BCUT2D eigenvalue weighted by atomic mass is 10.1. The van der Waals surface area contributed by atoms with E-state index in [4.69, 9.17) is 4.42 Å². The maximum Gasteiger partial charge on any atom is 0.276 e. The van der Waals surface area contributed by atoms with Crippen molar-refractivity contribution in [2.75, 3.05) is 5.32 Å². The lowest BCUT2D eigenvalue weighted by Gasteiger charge is -2.36. The molecule has 0 aliphatic carbocycles. The standard InChI is InChI=1S/C16H15N3O5/c20-13(7-8-14(21)22)18-19-15(12-6-3-9-24-12)17-11-5-2-1-4-10(11)16(19)23/h1-6,9,15,17H,7-8H2,(H,18,20)(H,21,22)/p-1/t15-/m0/s1. The van der Waals surface area contributed by atoms with Gasteiger partial charge in [-0.3, -0.25) is 15.0 Å². The number of hydrogen-bond acceptors (Lipinski definition) is 6. The fourth-order valence-corrected chi connectivity index (χ4v) is 2.42. The summed E-state index contributed by atoms with van der Waals surface area (Å²) in [5.41, 5.74) is 3.44. The van der Waals surface area contributed by atoms with Crippen LogP contribution in [0.4, 0.5) is 5.69 Å². The fourth-order valence-electron chi connectivity index (χ4n) is 2.42. The third kappa shape index (κ3) is 3.07. The number of aliphatic carboxylic acids is 1. The van der Waals surface area contributed by atoms with Crippen LogP contribution >= 0.6 is 0 Å². The quantitative estimate of drug-likeness (QED) is 0.821. The number of carbonyl (C=O) groups excluding carboxylic acids is 3. The molecule has 2 N–H and O–H groups in total. The minimum Gasteiger partial charge on any atom is -0.550 e. The van der Waals surface area contributed by atoms with Crippen molar-refractivity contribution in [1.29, 1.82) is 0 Å². The van der Waals surface area contributed by atoms with E-state index in [9.17, 15) is 19.5 Å². The Morgan fingerprint density at radius 2 is 2.00 bits per heavy atom. The van der Waals surface area contributed by atoms with Gasteiger partial charge in [0.15, 0.2) is 6.17 Å². The van der Waals surface area contributed by atoms with Crippen molar-refractivity contribution in [2.24, 2.45) is 0 Å². The largest absolute Gasteiger partial charge is 0.550 e. The van der Waals surface area contributed by atoms with E-state index in [2.05, 4.69) is 10.7 Å². The van der Waals surface area contributed by atoms with Crippen molar-refractivity contribution in [2.45, 2.75) is 19.0 Å². The highest BCUT2D eigenvalue weighted by atomic mass is 16.4. The summed E-state index contributed by atoms with van der Waals surface area (Å²) in [6.07, 6.45) is -0.00524. The van der Waals surface area contributed by atoms with Crippen molar-refractivity contribution < 1.29 is 23.9 Å². The number of para-hydroxylation sites is 1. The van der Waals surface area contributed by atoms with Crippen LogP contribution in [0.5, 0.6) is 0 Å². The van der Waals surface area contributed by atoms with Gasteiger partial charge in [-0.15, -0.1) is 0 Å². The number of carboxylic acid groups (broad SMARTS) is 1. The van der Waals surface area contributed by atoms with Gasteiger partial charge in [0.2, 0.25) is 5.91 Å². The molecule has 0 saturated heterocycles. The summed E-state index contributed by atoms with van der Waals surface area (Å²) < 4.78 is 5.33. The number of hydrogen-bond donors (Lipinski definition) is 2. The Morgan fingerprint density at radius 3 is 2.71 bits per heavy atom. The molecule has 2 heterocycles. The predicted molar refractivity (Wildman–Crippen MR) is 80.1 cm³/mol. The van der Waals surface area contributed by atoms with Crippen LogP contribution in [0.15, 0.2) is 47.1 Å². The molecule has 1 aliphatic rings. The Kier molecular flexibility index (Phi) is 4.19. The molecule has 1 aromatic heterocycles. The summed E-state index contributed by atoms with van der Waals surface area (Å²) in [7, 11) is 0. The van der Waals surface area contributed by atoms with E-state index in [0.29, 0.717) is 17.0 Å². The number of carbonyl (C=O) groups is 3. The van der Waals surface area contributed by atoms with Gasteiger partial charge >= 0.3 is 0 Å². The number of hydrazine groups is 1. The van der Waals surface area contributed by atoms with E-state index in [-0.39, 0.29) is 6.42 Å². The topological polar surface area (TPSA) is 115 Å². The molecule has 3 rings (SSSR count). The number of amides is 2. The average molecular weight is 328 g/mol. The molecule has 8 heteroatoms. The smallest absolute Gasteiger partial charge is 0.276 e. The lowest BCUT2D eigenvalue weighted by molar-refractivity contribution is -0.305. The number of benzene rings is 1. The number of carboxylic acids is 1. The SMILES string of the molecule is O=C([O-])CCC(=O)NN1C(=O)c2ccccc2N[C@@H]1c1ccco1. The molecule has 2 aromatic rings. The normalized spacial score (nSPS) is 16.2. The molecular weight excluding hydrogens is 314 g/mol. The van der Waals surface area contributed by atoms with Crippen molar-refractivity contribution in [1.82, 2.24) is 10.4 Å². The first-order valence-electron chi connectivity index (χ1n) is 7.28. The molecule has 0 saturated carbocycles. The van der Waals surface area contributed by atoms with Crippen molar-refractivity contribution in [3.05, 3.63) is 54.0 Å². The van der Waals surface area contributed by atoms with E-state index in [1.54, 1.807) is 36.4 Å². The van der Waals surface area contributed by atoms with Gasteiger partial charge in [-0.2, -0.15) is 0 Å². The first-order chi connectivity index (χ1) is 11.6. The van der Waals surface area contributed by atoms with Gasteiger partial charge in [0.1, 0.15) is 5.76 Å². The number of rotatable bonds is 5. The molecule has 124 valence electrons. The Bertz CT molecular complexity index is 772. The van der Waals surface area contributed by atoms with Gasteiger partial charge in [0.05, 0.1) is 11.8 Å². The number of fused-ring (bicyclic) bond motifs is 1. The molecule has 8 nitrogen and oxygen atoms in total. The molecule has 0 radical (unpaired) electrons. The lowest BCUT2D eigenvalue weighted by Crippen LogP contribution is -2.52. The van der Waals surface area contributed by atoms with Gasteiger partial charge in [0.25, 0.3) is 5.91 Å². The summed E-state index contributed by atoms with van der Waals surface area (Å²) in [6, 6.07) is 10.2. The number of nitrogens with zero attached hydrogens (tertiary/aromatic N) is 1. The molecule has 0 fully saturated rings. The van der Waals surface area contributed by atoms with Gasteiger partial charge in [-0.1, -0.05) is 12.1 Å². The van der Waals surface area contributed by atoms with Gasteiger partial charge in [-0.25, -0.2) is 5.01 Å².